The maximum atomic E-state index is 12.2. The summed E-state index contributed by atoms with van der Waals surface area (Å²) in [6, 6.07) is 1.35. The maximum Gasteiger partial charge on any atom is 0.303 e. The van der Waals surface area contributed by atoms with Crippen molar-refractivity contribution in [3.8, 4) is 0 Å². The summed E-state index contributed by atoms with van der Waals surface area (Å²) >= 11 is 0. The summed E-state index contributed by atoms with van der Waals surface area (Å²) in [5.41, 5.74) is -0.737. The van der Waals surface area contributed by atoms with Gasteiger partial charge in [0.2, 0.25) is 5.91 Å². The lowest BCUT2D eigenvalue weighted by Gasteiger charge is -2.17. The van der Waals surface area contributed by atoms with Crippen molar-refractivity contribution in [2.45, 2.75) is 45.1 Å². The van der Waals surface area contributed by atoms with Gasteiger partial charge in [-0.3, -0.25) is 29.1 Å². The SMILES string of the molecule is CCC(C(=O)NCCCCCC(=O)O)n1cc([N+](=O)[O-])ccc1=O. The number of hydrogen-bond donors (Lipinski definition) is 2. The van der Waals surface area contributed by atoms with Gasteiger partial charge in [-0.25, -0.2) is 0 Å². The first kappa shape index (κ1) is 19.3. The average Bonchev–Trinajstić information content (AvgIpc) is 2.52. The molecule has 0 bridgehead atoms. The molecule has 1 aromatic rings. The fraction of sp³-hybridized carbons (Fsp3) is 0.533. The number of carbonyl (C=O) groups is 2. The molecule has 1 atom stereocenters. The molecule has 1 unspecified atom stereocenters. The van der Waals surface area contributed by atoms with E-state index < -0.39 is 28.4 Å². The van der Waals surface area contributed by atoms with Gasteiger partial charge in [-0.15, -0.1) is 0 Å². The molecular formula is C15H21N3O6. The van der Waals surface area contributed by atoms with Crippen molar-refractivity contribution < 1.29 is 19.6 Å². The predicted octanol–water partition coefficient (Wildman–Crippen LogP) is 1.47. The zero-order chi connectivity index (χ0) is 18.1. The maximum absolute atomic E-state index is 12.2. The van der Waals surface area contributed by atoms with Gasteiger partial charge < -0.3 is 10.4 Å². The minimum atomic E-state index is -0.852. The Hall–Kier alpha value is -2.71. The molecule has 9 heteroatoms. The number of hydrogen-bond acceptors (Lipinski definition) is 5. The number of nitrogens with zero attached hydrogens (tertiary/aromatic N) is 2. The zero-order valence-electron chi connectivity index (χ0n) is 13.4. The van der Waals surface area contributed by atoms with Crippen LogP contribution in [0.15, 0.2) is 23.1 Å². The number of nitrogens with one attached hydrogen (secondary N) is 1. The lowest BCUT2D eigenvalue weighted by Crippen LogP contribution is -2.37. The predicted molar refractivity (Wildman–Crippen MR) is 85.8 cm³/mol. The van der Waals surface area contributed by atoms with Crippen LogP contribution in [-0.2, 0) is 9.59 Å². The Morgan fingerprint density at radius 2 is 2.04 bits per heavy atom. The van der Waals surface area contributed by atoms with Gasteiger partial charge >= 0.3 is 5.97 Å². The van der Waals surface area contributed by atoms with E-state index in [1.165, 1.54) is 0 Å². The number of carbonyl (C=O) groups excluding carboxylic acids is 1. The molecule has 132 valence electrons. The molecule has 1 amide bonds. The topological polar surface area (TPSA) is 132 Å². The molecule has 1 rings (SSSR count). The summed E-state index contributed by atoms with van der Waals surface area (Å²) in [4.78, 5) is 44.7. The van der Waals surface area contributed by atoms with Crippen LogP contribution >= 0.6 is 0 Å². The Balaban J connectivity index is 2.64. The van der Waals surface area contributed by atoms with Gasteiger partial charge in [0.25, 0.3) is 11.2 Å². The van der Waals surface area contributed by atoms with E-state index in [1.807, 2.05) is 0 Å². The Morgan fingerprint density at radius 1 is 1.33 bits per heavy atom. The van der Waals surface area contributed by atoms with E-state index in [4.69, 9.17) is 5.11 Å². The number of carboxylic acids is 1. The molecule has 0 aliphatic carbocycles. The summed E-state index contributed by atoms with van der Waals surface area (Å²) in [6.45, 7) is 2.07. The summed E-state index contributed by atoms with van der Waals surface area (Å²) in [5, 5.41) is 22.0. The molecule has 1 heterocycles. The fourth-order valence-corrected chi connectivity index (χ4v) is 2.26. The van der Waals surface area contributed by atoms with Gasteiger partial charge in [-0.1, -0.05) is 13.3 Å². The van der Waals surface area contributed by atoms with Gasteiger partial charge in [0.1, 0.15) is 6.04 Å². The number of pyridine rings is 1. The Kier molecular flexibility index (Phi) is 7.60. The van der Waals surface area contributed by atoms with E-state index >= 15 is 0 Å². The standard InChI is InChI=1S/C15H21N3O6/c1-2-12(15(22)16-9-5-3-4-6-14(20)21)17-10-11(18(23)24)7-8-13(17)19/h7-8,10,12H,2-6,9H2,1H3,(H,16,22)(H,20,21). The molecule has 0 saturated carbocycles. The molecule has 0 saturated heterocycles. The van der Waals surface area contributed by atoms with Crippen LogP contribution in [0.25, 0.3) is 0 Å². The summed E-state index contributed by atoms with van der Waals surface area (Å²) in [6.07, 6.45) is 3.30. The molecule has 0 fully saturated rings. The Labute approximate surface area is 138 Å². The Bertz CT molecular complexity index is 655. The van der Waals surface area contributed by atoms with Gasteiger partial charge in [0.15, 0.2) is 0 Å². The molecular weight excluding hydrogens is 318 g/mol. The number of aliphatic carboxylic acids is 1. The lowest BCUT2D eigenvalue weighted by atomic mass is 10.1. The van der Waals surface area contributed by atoms with Crippen molar-refractivity contribution in [2.75, 3.05) is 6.54 Å². The average molecular weight is 339 g/mol. The molecule has 1 aromatic heterocycles. The van der Waals surface area contributed by atoms with E-state index in [1.54, 1.807) is 6.92 Å². The van der Waals surface area contributed by atoms with Crippen LogP contribution in [-0.4, -0.2) is 33.0 Å². The summed E-state index contributed by atoms with van der Waals surface area (Å²) in [5.74, 6) is -1.24. The van der Waals surface area contributed by atoms with Crippen molar-refractivity contribution in [1.29, 1.82) is 0 Å². The number of unbranched alkanes of at least 4 members (excludes halogenated alkanes) is 2. The third-order valence-electron chi connectivity index (χ3n) is 3.53. The minimum absolute atomic E-state index is 0.0919. The molecule has 0 spiro atoms. The lowest BCUT2D eigenvalue weighted by molar-refractivity contribution is -0.385. The van der Waals surface area contributed by atoms with Crippen LogP contribution in [0.4, 0.5) is 5.69 Å². The quantitative estimate of drug-likeness (QED) is 0.377. The van der Waals surface area contributed by atoms with Crippen molar-refractivity contribution in [3.63, 3.8) is 0 Å². The largest absolute Gasteiger partial charge is 0.481 e. The molecule has 24 heavy (non-hydrogen) atoms. The molecule has 9 nitrogen and oxygen atoms in total. The number of carboxylic acid groups (broad SMARTS) is 1. The zero-order valence-corrected chi connectivity index (χ0v) is 13.4. The van der Waals surface area contributed by atoms with Crippen LogP contribution in [0.5, 0.6) is 0 Å². The highest BCUT2D eigenvalue weighted by Crippen LogP contribution is 2.14. The molecule has 0 aliphatic rings. The van der Waals surface area contributed by atoms with Crippen LogP contribution in [0.3, 0.4) is 0 Å². The normalized spacial score (nSPS) is 11.7. The van der Waals surface area contributed by atoms with E-state index in [2.05, 4.69) is 5.32 Å². The molecule has 2 N–H and O–H groups in total. The highest BCUT2D eigenvalue weighted by atomic mass is 16.6. The second kappa shape index (κ2) is 9.43. The summed E-state index contributed by atoms with van der Waals surface area (Å²) < 4.78 is 1.07. The van der Waals surface area contributed by atoms with E-state index in [0.29, 0.717) is 32.2 Å². The molecule has 0 aromatic carbocycles. The van der Waals surface area contributed by atoms with E-state index in [0.717, 1.165) is 22.9 Å². The number of amides is 1. The van der Waals surface area contributed by atoms with Crippen molar-refractivity contribution >= 4 is 17.6 Å². The van der Waals surface area contributed by atoms with Crippen molar-refractivity contribution in [3.05, 3.63) is 38.8 Å². The van der Waals surface area contributed by atoms with Gasteiger partial charge in [0, 0.05) is 25.1 Å². The molecule has 0 aliphatic heterocycles. The van der Waals surface area contributed by atoms with Crippen molar-refractivity contribution in [1.82, 2.24) is 9.88 Å². The second-order valence-corrected chi connectivity index (χ2v) is 5.31. The van der Waals surface area contributed by atoms with Crippen molar-refractivity contribution in [2.24, 2.45) is 0 Å². The molecule has 0 radical (unpaired) electrons. The smallest absolute Gasteiger partial charge is 0.303 e. The van der Waals surface area contributed by atoms with E-state index in [-0.39, 0.29) is 12.1 Å². The van der Waals surface area contributed by atoms with Crippen LogP contribution in [0.2, 0.25) is 0 Å². The third kappa shape index (κ3) is 5.82. The highest BCUT2D eigenvalue weighted by Gasteiger charge is 2.21. The van der Waals surface area contributed by atoms with Crippen LogP contribution in [0.1, 0.15) is 45.1 Å². The van der Waals surface area contributed by atoms with E-state index in [9.17, 15) is 24.5 Å². The number of aromatic nitrogens is 1. The van der Waals surface area contributed by atoms with Crippen LogP contribution < -0.4 is 10.9 Å². The number of nitro groups is 1. The fourth-order valence-electron chi connectivity index (χ4n) is 2.26. The first-order valence-electron chi connectivity index (χ1n) is 7.73. The second-order valence-electron chi connectivity index (χ2n) is 5.31. The summed E-state index contributed by atoms with van der Waals surface area (Å²) in [7, 11) is 0. The highest BCUT2D eigenvalue weighted by molar-refractivity contribution is 5.80. The first-order chi connectivity index (χ1) is 11.4. The third-order valence-corrected chi connectivity index (χ3v) is 3.53. The van der Waals surface area contributed by atoms with Gasteiger partial charge in [-0.2, -0.15) is 0 Å². The first-order valence-corrected chi connectivity index (χ1v) is 7.73. The van der Waals surface area contributed by atoms with Gasteiger partial charge in [0.05, 0.1) is 11.1 Å². The Morgan fingerprint density at radius 3 is 2.62 bits per heavy atom. The number of rotatable bonds is 10. The monoisotopic (exact) mass is 339 g/mol. The van der Waals surface area contributed by atoms with Gasteiger partial charge in [-0.05, 0) is 19.3 Å². The van der Waals surface area contributed by atoms with Crippen LogP contribution in [0, 0.1) is 10.1 Å². The minimum Gasteiger partial charge on any atom is -0.481 e.